The molecule has 0 aliphatic heterocycles. The third kappa shape index (κ3) is 7.31. The summed E-state index contributed by atoms with van der Waals surface area (Å²) in [5.41, 5.74) is 16.4. The molecule has 13 aromatic carbocycles. The predicted octanol–water partition coefficient (Wildman–Crippen LogP) is 20.7. The first-order valence-corrected chi connectivity index (χ1v) is 26.5. The molecule has 0 saturated carbocycles. The molecule has 0 N–H and O–H groups in total. The Kier molecular flexibility index (Phi) is 10.1. The molecular weight excluding hydrogens is 925 g/mol. The van der Waals surface area contributed by atoms with Crippen molar-refractivity contribution in [3.8, 4) is 50.2 Å². The van der Waals surface area contributed by atoms with Crippen molar-refractivity contribution in [2.24, 2.45) is 0 Å². The van der Waals surface area contributed by atoms with E-state index in [1.807, 2.05) is 11.3 Å². The molecule has 0 aliphatic carbocycles. The number of hydrogen-bond acceptors (Lipinski definition) is 2. The Hall–Kier alpha value is -9.54. The molecule has 2 aromatic heterocycles. The lowest BCUT2D eigenvalue weighted by Gasteiger charge is -2.26. The Bertz CT molecular complexity index is 4630. The average molecular weight is 971 g/mol. The summed E-state index contributed by atoms with van der Waals surface area (Å²) in [5, 5.41) is 12.7. The minimum atomic E-state index is 1.10. The number of anilines is 3. The Morgan fingerprint density at radius 3 is 1.16 bits per heavy atom. The zero-order valence-corrected chi connectivity index (χ0v) is 41.7. The highest BCUT2D eigenvalue weighted by Crippen LogP contribution is 2.43. The van der Waals surface area contributed by atoms with Crippen molar-refractivity contribution < 1.29 is 0 Å². The van der Waals surface area contributed by atoms with Crippen LogP contribution in [0.25, 0.3) is 124 Å². The fourth-order valence-electron chi connectivity index (χ4n) is 11.7. The maximum Gasteiger partial charge on any atom is 0.0541 e. The van der Waals surface area contributed by atoms with Crippen LogP contribution in [0.3, 0.4) is 0 Å². The highest BCUT2D eigenvalue weighted by atomic mass is 32.1. The Labute approximate surface area is 438 Å². The van der Waals surface area contributed by atoms with Gasteiger partial charge >= 0.3 is 0 Å². The number of fused-ring (bicyclic) bond motifs is 12. The van der Waals surface area contributed by atoms with E-state index < -0.39 is 0 Å². The summed E-state index contributed by atoms with van der Waals surface area (Å²) in [4.78, 5) is 2.34. The summed E-state index contributed by atoms with van der Waals surface area (Å²) in [6.45, 7) is 0. The van der Waals surface area contributed by atoms with Crippen molar-refractivity contribution in [3.63, 3.8) is 0 Å². The molecule has 15 aromatic rings. The van der Waals surface area contributed by atoms with Gasteiger partial charge in [0.05, 0.1) is 11.0 Å². The molecule has 15 rings (SSSR count). The van der Waals surface area contributed by atoms with Crippen LogP contribution in [-0.2, 0) is 0 Å². The van der Waals surface area contributed by atoms with Crippen LogP contribution < -0.4 is 4.90 Å². The number of aromatic nitrogens is 1. The van der Waals surface area contributed by atoms with Crippen molar-refractivity contribution in [2.45, 2.75) is 0 Å². The maximum atomic E-state index is 2.47. The minimum absolute atomic E-state index is 1.10. The molecule has 0 aliphatic rings. The summed E-state index contributed by atoms with van der Waals surface area (Å²) in [5.74, 6) is 0. The molecule has 0 spiro atoms. The number of thiophene rings is 1. The first-order chi connectivity index (χ1) is 37.2. The minimum Gasteiger partial charge on any atom is -0.311 e. The van der Waals surface area contributed by atoms with Crippen molar-refractivity contribution in [1.29, 1.82) is 0 Å². The van der Waals surface area contributed by atoms with E-state index in [2.05, 4.69) is 289 Å². The lowest BCUT2D eigenvalue weighted by atomic mass is 9.94. The molecule has 0 amide bonds. The first-order valence-electron chi connectivity index (χ1n) is 25.7. The van der Waals surface area contributed by atoms with Crippen LogP contribution in [0.15, 0.2) is 279 Å². The first kappa shape index (κ1) is 43.1. The highest BCUT2D eigenvalue weighted by molar-refractivity contribution is 7.25. The normalized spacial score (nSPS) is 11.7. The molecule has 2 heterocycles. The van der Waals surface area contributed by atoms with Crippen LogP contribution in [-0.4, -0.2) is 4.57 Å². The van der Waals surface area contributed by atoms with Crippen LogP contribution in [0.4, 0.5) is 17.1 Å². The van der Waals surface area contributed by atoms with E-state index >= 15 is 0 Å². The number of para-hydroxylation sites is 1. The number of hydrogen-bond donors (Lipinski definition) is 0. The summed E-state index contributed by atoms with van der Waals surface area (Å²) in [6, 6.07) is 103. The van der Waals surface area contributed by atoms with Crippen LogP contribution in [0.5, 0.6) is 0 Å². The molecule has 0 atom stereocenters. The quantitative estimate of drug-likeness (QED) is 0.138. The molecule has 0 unspecified atom stereocenters. The van der Waals surface area contributed by atoms with Crippen molar-refractivity contribution in [2.75, 3.05) is 4.90 Å². The number of nitrogens with zero attached hydrogens (tertiary/aromatic N) is 2. The molecule has 0 radical (unpaired) electrons. The van der Waals surface area contributed by atoms with E-state index in [9.17, 15) is 0 Å². The van der Waals surface area contributed by atoms with E-state index in [0.29, 0.717) is 0 Å². The lowest BCUT2D eigenvalue weighted by molar-refractivity contribution is 1.19. The zero-order chi connectivity index (χ0) is 49.4. The monoisotopic (exact) mass is 970 g/mol. The molecule has 2 nitrogen and oxygen atoms in total. The van der Waals surface area contributed by atoms with Gasteiger partial charge in [0.15, 0.2) is 0 Å². The highest BCUT2D eigenvalue weighted by Gasteiger charge is 2.19. The fraction of sp³-hybridized carbons (Fsp3) is 0. The van der Waals surface area contributed by atoms with Gasteiger partial charge < -0.3 is 9.47 Å². The summed E-state index contributed by atoms with van der Waals surface area (Å²) >= 11 is 1.86. The standard InChI is InChI=1S/C72H46N2S/c1-3-13-47(14-4-1)48-27-34-56(35-28-48)73(55-15-5-2-6-16-55)57-36-29-51(30-37-57)53-32-41-70-67(44-53)66-43-52(49-23-25-50(26-24-49)54-33-42-72-68(45-54)64-21-11-12-22-71(64)75-72)31-40-69(66)74(70)58-38-39-63-61-19-8-7-17-59(61)60-18-9-10-20-62(60)65(63)46-58/h1-46H. The average Bonchev–Trinajstić information content (AvgIpc) is 4.07. The van der Waals surface area contributed by atoms with E-state index in [4.69, 9.17) is 0 Å². The van der Waals surface area contributed by atoms with Crippen molar-refractivity contribution in [1.82, 2.24) is 4.57 Å². The molecule has 75 heavy (non-hydrogen) atoms. The summed E-state index contributed by atoms with van der Waals surface area (Å²) < 4.78 is 5.13. The van der Waals surface area contributed by atoms with E-state index in [1.165, 1.54) is 119 Å². The molecule has 0 fully saturated rings. The van der Waals surface area contributed by atoms with Gasteiger partial charge in [0.1, 0.15) is 0 Å². The summed E-state index contributed by atoms with van der Waals surface area (Å²) in [6.07, 6.45) is 0. The summed E-state index contributed by atoms with van der Waals surface area (Å²) in [7, 11) is 0. The Balaban J connectivity index is 0.850. The third-order valence-electron chi connectivity index (χ3n) is 15.4. The number of rotatable bonds is 8. The topological polar surface area (TPSA) is 8.17 Å². The van der Waals surface area contributed by atoms with Gasteiger partial charge in [-0.05, 0) is 168 Å². The van der Waals surface area contributed by atoms with E-state index in [0.717, 1.165) is 22.7 Å². The molecule has 0 saturated heterocycles. The Morgan fingerprint density at radius 1 is 0.227 bits per heavy atom. The molecule has 350 valence electrons. The van der Waals surface area contributed by atoms with Crippen molar-refractivity contribution >= 4 is 103 Å². The van der Waals surface area contributed by atoms with Gasteiger partial charge in [0.25, 0.3) is 0 Å². The lowest BCUT2D eigenvalue weighted by Crippen LogP contribution is -2.09. The smallest absolute Gasteiger partial charge is 0.0541 e. The van der Waals surface area contributed by atoms with Gasteiger partial charge in [-0.3, -0.25) is 0 Å². The van der Waals surface area contributed by atoms with Gasteiger partial charge in [-0.15, -0.1) is 11.3 Å². The largest absolute Gasteiger partial charge is 0.311 e. The zero-order valence-electron chi connectivity index (χ0n) is 40.9. The van der Waals surface area contributed by atoms with E-state index in [1.54, 1.807) is 0 Å². The van der Waals surface area contributed by atoms with Gasteiger partial charge in [-0.1, -0.05) is 188 Å². The van der Waals surface area contributed by atoms with Gasteiger partial charge in [0.2, 0.25) is 0 Å². The fourth-order valence-corrected chi connectivity index (χ4v) is 12.8. The van der Waals surface area contributed by atoms with Gasteiger partial charge in [-0.2, -0.15) is 0 Å². The Morgan fingerprint density at radius 2 is 0.600 bits per heavy atom. The molecule has 0 bridgehead atoms. The van der Waals surface area contributed by atoms with Gasteiger partial charge in [0, 0.05) is 53.7 Å². The number of benzene rings is 13. The van der Waals surface area contributed by atoms with Crippen LogP contribution in [0, 0.1) is 0 Å². The third-order valence-corrected chi connectivity index (χ3v) is 16.5. The second-order valence-electron chi connectivity index (χ2n) is 19.6. The van der Waals surface area contributed by atoms with Crippen LogP contribution >= 0.6 is 11.3 Å². The second-order valence-corrected chi connectivity index (χ2v) is 20.7. The second kappa shape index (κ2) is 17.6. The molecule has 3 heteroatoms. The molecular formula is C72H46N2S. The van der Waals surface area contributed by atoms with Crippen molar-refractivity contribution in [3.05, 3.63) is 279 Å². The maximum absolute atomic E-state index is 2.47. The predicted molar refractivity (Wildman–Crippen MR) is 323 cm³/mol. The SMILES string of the molecule is c1ccc(-c2ccc(N(c3ccccc3)c3ccc(-c4ccc5c(c4)c4cc(-c6ccc(-c7ccc8sc9ccccc9c8c7)cc6)ccc4n5-c4ccc5c6ccccc6c6ccccc6c5c4)cc3)cc2)cc1. The van der Waals surface area contributed by atoms with Gasteiger partial charge in [-0.25, -0.2) is 0 Å². The van der Waals surface area contributed by atoms with E-state index in [-0.39, 0.29) is 0 Å². The van der Waals surface area contributed by atoms with Crippen LogP contribution in [0.1, 0.15) is 0 Å². The van der Waals surface area contributed by atoms with Crippen LogP contribution in [0.2, 0.25) is 0 Å².